The molecule has 0 atom stereocenters. The standard InChI is InChI=1S/C13H17FO3/c1-13(2,3)17-7-6-16-12-5-4-11(14)8-10(12)9-15/h4-5,8-9H,6-7H2,1-3H3. The first kappa shape index (κ1) is 13.6. The van der Waals surface area contributed by atoms with E-state index in [9.17, 15) is 9.18 Å². The van der Waals surface area contributed by atoms with E-state index in [4.69, 9.17) is 9.47 Å². The van der Waals surface area contributed by atoms with Crippen LogP contribution in [0.3, 0.4) is 0 Å². The van der Waals surface area contributed by atoms with Gasteiger partial charge in [-0.25, -0.2) is 4.39 Å². The molecule has 94 valence electrons. The Morgan fingerprint density at radius 2 is 2.00 bits per heavy atom. The zero-order valence-corrected chi connectivity index (χ0v) is 10.3. The van der Waals surface area contributed by atoms with E-state index in [1.54, 1.807) is 0 Å². The van der Waals surface area contributed by atoms with Crippen LogP contribution in [0.4, 0.5) is 4.39 Å². The van der Waals surface area contributed by atoms with Crippen molar-refractivity contribution in [2.45, 2.75) is 26.4 Å². The molecule has 17 heavy (non-hydrogen) atoms. The van der Waals surface area contributed by atoms with Crippen LogP contribution in [0.5, 0.6) is 5.75 Å². The van der Waals surface area contributed by atoms with Gasteiger partial charge in [0.05, 0.1) is 17.8 Å². The Hall–Kier alpha value is -1.42. The Morgan fingerprint density at radius 3 is 2.59 bits per heavy atom. The van der Waals surface area contributed by atoms with E-state index >= 15 is 0 Å². The zero-order valence-electron chi connectivity index (χ0n) is 10.3. The number of carbonyl (C=O) groups excluding carboxylic acids is 1. The molecule has 0 fully saturated rings. The number of hydrogen-bond acceptors (Lipinski definition) is 3. The molecule has 4 heteroatoms. The maximum atomic E-state index is 12.8. The quantitative estimate of drug-likeness (QED) is 0.586. The second kappa shape index (κ2) is 5.77. The van der Waals surface area contributed by atoms with Crippen molar-refractivity contribution in [3.8, 4) is 5.75 Å². The smallest absolute Gasteiger partial charge is 0.153 e. The first-order valence-corrected chi connectivity index (χ1v) is 5.44. The van der Waals surface area contributed by atoms with Crippen LogP contribution in [0.2, 0.25) is 0 Å². The van der Waals surface area contributed by atoms with Gasteiger partial charge < -0.3 is 9.47 Å². The topological polar surface area (TPSA) is 35.5 Å². The summed E-state index contributed by atoms with van der Waals surface area (Å²) in [5.41, 5.74) is -0.0135. The highest BCUT2D eigenvalue weighted by molar-refractivity contribution is 5.79. The fourth-order valence-electron chi connectivity index (χ4n) is 1.24. The first-order valence-electron chi connectivity index (χ1n) is 5.44. The van der Waals surface area contributed by atoms with Crippen molar-refractivity contribution in [3.63, 3.8) is 0 Å². The molecular formula is C13H17FO3. The highest BCUT2D eigenvalue weighted by Gasteiger charge is 2.10. The summed E-state index contributed by atoms with van der Waals surface area (Å²) in [4.78, 5) is 10.7. The van der Waals surface area contributed by atoms with Crippen molar-refractivity contribution < 1.29 is 18.7 Å². The van der Waals surface area contributed by atoms with Gasteiger partial charge in [-0.05, 0) is 39.0 Å². The van der Waals surface area contributed by atoms with E-state index in [1.165, 1.54) is 12.1 Å². The Kier molecular flexibility index (Phi) is 4.63. The van der Waals surface area contributed by atoms with E-state index in [-0.39, 0.29) is 11.2 Å². The van der Waals surface area contributed by atoms with Gasteiger partial charge in [0.1, 0.15) is 18.2 Å². The lowest BCUT2D eigenvalue weighted by atomic mass is 10.2. The number of carbonyl (C=O) groups is 1. The summed E-state index contributed by atoms with van der Waals surface area (Å²) in [5.74, 6) is -0.0794. The van der Waals surface area contributed by atoms with Crippen LogP contribution in [0.1, 0.15) is 31.1 Å². The first-order chi connectivity index (χ1) is 7.92. The summed E-state index contributed by atoms with van der Waals surface area (Å²) in [6.07, 6.45) is 0.572. The van der Waals surface area contributed by atoms with Gasteiger partial charge in [-0.15, -0.1) is 0 Å². The minimum atomic E-state index is -0.453. The fraction of sp³-hybridized carbons (Fsp3) is 0.462. The van der Waals surface area contributed by atoms with Crippen molar-refractivity contribution in [2.75, 3.05) is 13.2 Å². The van der Waals surface area contributed by atoms with Gasteiger partial charge in [0, 0.05) is 0 Å². The fourth-order valence-corrected chi connectivity index (χ4v) is 1.24. The summed E-state index contributed by atoms with van der Waals surface area (Å²) < 4.78 is 23.7. The van der Waals surface area contributed by atoms with E-state index in [2.05, 4.69) is 0 Å². The molecule has 0 spiro atoms. The third-order valence-corrected chi connectivity index (χ3v) is 1.97. The van der Waals surface area contributed by atoms with Gasteiger partial charge >= 0.3 is 0 Å². The molecule has 0 saturated heterocycles. The van der Waals surface area contributed by atoms with Crippen LogP contribution in [-0.2, 0) is 4.74 Å². The van der Waals surface area contributed by atoms with E-state index in [0.717, 1.165) is 6.07 Å². The molecule has 0 saturated carbocycles. The normalized spacial score (nSPS) is 11.3. The lowest BCUT2D eigenvalue weighted by Crippen LogP contribution is -2.22. The van der Waals surface area contributed by atoms with Gasteiger partial charge in [0.25, 0.3) is 0 Å². The number of ether oxygens (including phenoxy) is 2. The molecule has 0 radical (unpaired) electrons. The maximum Gasteiger partial charge on any atom is 0.153 e. The molecule has 0 amide bonds. The number of aldehydes is 1. The highest BCUT2D eigenvalue weighted by atomic mass is 19.1. The molecule has 0 bridgehead atoms. The van der Waals surface area contributed by atoms with Crippen LogP contribution in [0, 0.1) is 5.82 Å². The molecule has 3 nitrogen and oxygen atoms in total. The molecule has 0 heterocycles. The molecule has 0 aliphatic rings. The number of benzene rings is 1. The third-order valence-electron chi connectivity index (χ3n) is 1.97. The van der Waals surface area contributed by atoms with Crippen LogP contribution in [-0.4, -0.2) is 25.1 Å². The lowest BCUT2D eigenvalue weighted by Gasteiger charge is -2.19. The van der Waals surface area contributed by atoms with Crippen LogP contribution in [0.15, 0.2) is 18.2 Å². The molecule has 1 aromatic rings. The second-order valence-corrected chi connectivity index (χ2v) is 4.61. The van der Waals surface area contributed by atoms with Crippen molar-refractivity contribution in [2.24, 2.45) is 0 Å². The molecule has 1 rings (SSSR count). The van der Waals surface area contributed by atoms with E-state index in [0.29, 0.717) is 25.2 Å². The summed E-state index contributed by atoms with van der Waals surface area (Å²) in [5, 5.41) is 0. The largest absolute Gasteiger partial charge is 0.490 e. The summed E-state index contributed by atoms with van der Waals surface area (Å²) >= 11 is 0. The molecule has 0 N–H and O–H groups in total. The average molecular weight is 240 g/mol. The van der Waals surface area contributed by atoms with Crippen molar-refractivity contribution in [1.29, 1.82) is 0 Å². The Bertz CT molecular complexity index is 383. The maximum absolute atomic E-state index is 12.8. The minimum Gasteiger partial charge on any atom is -0.490 e. The Balaban J connectivity index is 2.49. The minimum absolute atomic E-state index is 0.209. The average Bonchev–Trinajstić information content (AvgIpc) is 2.24. The van der Waals surface area contributed by atoms with Gasteiger partial charge in [-0.1, -0.05) is 0 Å². The van der Waals surface area contributed by atoms with Crippen LogP contribution >= 0.6 is 0 Å². The number of hydrogen-bond donors (Lipinski definition) is 0. The van der Waals surface area contributed by atoms with E-state index in [1.807, 2.05) is 20.8 Å². The molecule has 0 unspecified atom stereocenters. The molecular weight excluding hydrogens is 223 g/mol. The molecule has 0 aliphatic carbocycles. The van der Waals surface area contributed by atoms with Crippen molar-refractivity contribution in [1.82, 2.24) is 0 Å². The summed E-state index contributed by atoms with van der Waals surface area (Å²) in [6.45, 7) is 6.58. The van der Waals surface area contributed by atoms with Crippen LogP contribution < -0.4 is 4.74 Å². The van der Waals surface area contributed by atoms with Crippen LogP contribution in [0.25, 0.3) is 0 Å². The van der Waals surface area contributed by atoms with Gasteiger partial charge in [0.15, 0.2) is 6.29 Å². The lowest BCUT2D eigenvalue weighted by molar-refractivity contribution is -0.0163. The molecule has 0 aliphatic heterocycles. The van der Waals surface area contributed by atoms with Gasteiger partial charge in [-0.3, -0.25) is 4.79 Å². The van der Waals surface area contributed by atoms with Crippen molar-refractivity contribution >= 4 is 6.29 Å². The summed E-state index contributed by atoms with van der Waals surface area (Å²) in [7, 11) is 0. The van der Waals surface area contributed by atoms with Gasteiger partial charge in [-0.2, -0.15) is 0 Å². The SMILES string of the molecule is CC(C)(C)OCCOc1ccc(F)cc1C=O. The molecule has 1 aromatic carbocycles. The zero-order chi connectivity index (χ0) is 12.9. The predicted octanol–water partition coefficient (Wildman–Crippen LogP) is 2.83. The summed E-state index contributed by atoms with van der Waals surface area (Å²) in [6, 6.07) is 3.84. The Morgan fingerprint density at radius 1 is 1.29 bits per heavy atom. The third kappa shape index (κ3) is 4.95. The monoisotopic (exact) mass is 240 g/mol. The molecule has 0 aromatic heterocycles. The highest BCUT2D eigenvalue weighted by Crippen LogP contribution is 2.17. The Labute approximate surface area is 101 Å². The second-order valence-electron chi connectivity index (χ2n) is 4.61. The van der Waals surface area contributed by atoms with Gasteiger partial charge in [0.2, 0.25) is 0 Å². The van der Waals surface area contributed by atoms with E-state index < -0.39 is 5.82 Å². The predicted molar refractivity (Wildman–Crippen MR) is 63.0 cm³/mol. The number of rotatable bonds is 5. The van der Waals surface area contributed by atoms with Crippen molar-refractivity contribution in [3.05, 3.63) is 29.6 Å². The number of halogens is 1.